The molecule has 4 heterocycles. The Labute approximate surface area is 216 Å². The van der Waals surface area contributed by atoms with E-state index in [0.717, 1.165) is 0 Å². The van der Waals surface area contributed by atoms with Gasteiger partial charge >= 0.3 is 16.8 Å². The molecule has 37 heavy (non-hydrogen) atoms. The van der Waals surface area contributed by atoms with Gasteiger partial charge in [-0.1, -0.05) is 12.1 Å². The van der Waals surface area contributed by atoms with E-state index in [1.165, 1.54) is 0 Å². The van der Waals surface area contributed by atoms with E-state index in [2.05, 4.69) is 39.9 Å². The van der Waals surface area contributed by atoms with Gasteiger partial charge in [-0.15, -0.1) is 0 Å². The van der Waals surface area contributed by atoms with E-state index in [0.29, 0.717) is 23.0 Å². The van der Waals surface area contributed by atoms with Crippen molar-refractivity contribution < 1.29 is 27.0 Å². The van der Waals surface area contributed by atoms with E-state index in [4.69, 9.17) is 53.6 Å². The summed E-state index contributed by atoms with van der Waals surface area (Å²) in [5.74, 6) is 1.15. The Balaban J connectivity index is 0.000000535. The third-order valence-electron chi connectivity index (χ3n) is 3.13. The van der Waals surface area contributed by atoms with Gasteiger partial charge in [0.25, 0.3) is 0 Å². The number of nitrogen functional groups attached to an aromatic ring is 4. The van der Waals surface area contributed by atoms with Crippen molar-refractivity contribution in [3.63, 3.8) is 0 Å². The zero-order valence-corrected chi connectivity index (χ0v) is 19.2. The SMILES string of the molecule is Nc1nc(N)nc(-c2ccccn2)n1.Nc1nc(N)nc(-c2ccccn2)n1.O=[N+]([O-])[O-].O=[N+]([O-])[O-].[Co+2]. The minimum atomic E-state index is -1.75. The van der Waals surface area contributed by atoms with Crippen LogP contribution < -0.4 is 22.9 Å². The maximum absolute atomic E-state index is 8.25. The summed E-state index contributed by atoms with van der Waals surface area (Å²) in [6, 6.07) is 10.8. The van der Waals surface area contributed by atoms with Crippen LogP contribution in [0.1, 0.15) is 0 Å². The van der Waals surface area contributed by atoms with Crippen molar-refractivity contribution in [2.24, 2.45) is 0 Å². The number of nitrogens with two attached hydrogens (primary N) is 4. The van der Waals surface area contributed by atoms with E-state index in [-0.39, 0.29) is 40.6 Å². The van der Waals surface area contributed by atoms with Crippen molar-refractivity contribution in [2.75, 3.05) is 22.9 Å². The molecule has 4 aromatic rings. The molecule has 0 saturated carbocycles. The van der Waals surface area contributed by atoms with E-state index >= 15 is 0 Å². The Bertz CT molecular complexity index is 1120. The van der Waals surface area contributed by atoms with Gasteiger partial charge < -0.3 is 53.6 Å². The van der Waals surface area contributed by atoms with Crippen LogP contribution in [0.5, 0.6) is 0 Å². The molecule has 8 N–H and O–H groups in total. The van der Waals surface area contributed by atoms with Gasteiger partial charge in [0, 0.05) is 12.4 Å². The zero-order chi connectivity index (χ0) is 27.1. The summed E-state index contributed by atoms with van der Waals surface area (Å²) in [5.41, 5.74) is 22.9. The van der Waals surface area contributed by atoms with Crippen LogP contribution in [0.25, 0.3) is 23.0 Å². The third kappa shape index (κ3) is 13.7. The average molecular weight is 559 g/mol. The molecule has 0 aliphatic carbocycles. The monoisotopic (exact) mass is 559 g/mol. The molecule has 0 spiro atoms. The molecule has 0 aliphatic heterocycles. The summed E-state index contributed by atoms with van der Waals surface area (Å²) in [5, 5.41) is 29.5. The first-order valence-corrected chi connectivity index (χ1v) is 8.97. The van der Waals surface area contributed by atoms with Crippen LogP contribution in [-0.2, 0) is 16.8 Å². The van der Waals surface area contributed by atoms with Gasteiger partial charge in [-0.2, -0.15) is 29.9 Å². The number of anilines is 4. The predicted octanol–water partition coefficient (Wildman–Crippen LogP) is -0.285. The number of pyridine rings is 2. The van der Waals surface area contributed by atoms with Crippen molar-refractivity contribution >= 4 is 23.8 Å². The molecule has 0 aromatic carbocycles. The molecule has 4 aromatic heterocycles. The molecule has 21 heteroatoms. The topological polar surface area (TPSA) is 340 Å². The molecule has 0 fully saturated rings. The van der Waals surface area contributed by atoms with Crippen molar-refractivity contribution in [1.29, 1.82) is 0 Å². The van der Waals surface area contributed by atoms with Crippen LogP contribution in [0.2, 0.25) is 0 Å². The largest absolute Gasteiger partial charge is 2.00 e. The summed E-state index contributed by atoms with van der Waals surface area (Å²) >= 11 is 0. The molecule has 0 aliphatic rings. The van der Waals surface area contributed by atoms with Crippen LogP contribution in [0.15, 0.2) is 48.8 Å². The van der Waals surface area contributed by atoms with Gasteiger partial charge in [-0.05, 0) is 24.3 Å². The van der Waals surface area contributed by atoms with Gasteiger partial charge in [-0.25, -0.2) is 0 Å². The number of hydrogen-bond acceptors (Lipinski definition) is 18. The van der Waals surface area contributed by atoms with Gasteiger partial charge in [0.2, 0.25) is 23.8 Å². The average Bonchev–Trinajstić information content (AvgIpc) is 2.79. The number of nitrogens with zero attached hydrogens (tertiary/aromatic N) is 10. The molecule has 1 radical (unpaired) electrons. The summed E-state index contributed by atoms with van der Waals surface area (Å²) < 4.78 is 0. The van der Waals surface area contributed by atoms with E-state index in [1.54, 1.807) is 36.7 Å². The molecular weight excluding hydrogens is 543 g/mol. The van der Waals surface area contributed by atoms with Crippen molar-refractivity contribution in [2.45, 2.75) is 0 Å². The van der Waals surface area contributed by atoms with Crippen LogP contribution in [-0.4, -0.2) is 50.0 Å². The number of rotatable bonds is 2. The minimum Gasteiger partial charge on any atom is -0.368 e. The molecule has 20 nitrogen and oxygen atoms in total. The van der Waals surface area contributed by atoms with Gasteiger partial charge in [0.05, 0.1) is 10.2 Å². The Morgan fingerprint density at radius 3 is 1.03 bits per heavy atom. The van der Waals surface area contributed by atoms with Crippen LogP contribution in [0.3, 0.4) is 0 Å². The Morgan fingerprint density at radius 1 is 0.541 bits per heavy atom. The van der Waals surface area contributed by atoms with Crippen LogP contribution in [0, 0.1) is 30.6 Å². The van der Waals surface area contributed by atoms with Crippen molar-refractivity contribution in [3.05, 3.63) is 79.4 Å². The normalized spacial score (nSPS) is 8.86. The standard InChI is InChI=1S/2C8H8N6.Co.2NO3/c2*9-7-12-6(13-8(10)14-7)5-3-1-2-4-11-5;;2*2-1(3)4/h2*1-4H,(H4,9,10,12,13,14);;;/q;;+2;2*-1. The fraction of sp³-hybridized carbons (Fsp3) is 0. The Hall–Kier alpha value is -5.57. The Morgan fingerprint density at radius 2 is 0.811 bits per heavy atom. The summed E-state index contributed by atoms with van der Waals surface area (Å²) in [4.78, 5) is 47.6. The summed E-state index contributed by atoms with van der Waals surface area (Å²) in [7, 11) is 0. The predicted molar refractivity (Wildman–Crippen MR) is 124 cm³/mol. The van der Waals surface area contributed by atoms with Crippen molar-refractivity contribution in [1.82, 2.24) is 39.9 Å². The maximum atomic E-state index is 8.25. The van der Waals surface area contributed by atoms with E-state index < -0.39 is 10.2 Å². The second-order valence-corrected chi connectivity index (χ2v) is 5.63. The first-order valence-electron chi connectivity index (χ1n) is 8.97. The number of aromatic nitrogens is 8. The molecule has 4 rings (SSSR count). The zero-order valence-electron chi connectivity index (χ0n) is 18.2. The smallest absolute Gasteiger partial charge is 0.368 e. The molecule has 0 bridgehead atoms. The quantitative estimate of drug-likeness (QED) is 0.181. The second kappa shape index (κ2) is 16.1. The van der Waals surface area contributed by atoms with E-state index in [9.17, 15) is 0 Å². The first-order chi connectivity index (χ1) is 17.0. The molecule has 0 amide bonds. The molecule has 195 valence electrons. The first kappa shape index (κ1) is 31.4. The minimum absolute atomic E-state index is 0. The second-order valence-electron chi connectivity index (χ2n) is 5.63. The van der Waals surface area contributed by atoms with E-state index in [1.807, 2.05) is 12.1 Å². The van der Waals surface area contributed by atoms with Gasteiger partial charge in [0.15, 0.2) is 11.6 Å². The van der Waals surface area contributed by atoms with Crippen LogP contribution in [0.4, 0.5) is 23.8 Å². The Kier molecular flexibility index (Phi) is 13.7. The molecule has 0 saturated heterocycles. The fourth-order valence-corrected chi connectivity index (χ4v) is 2.04. The summed E-state index contributed by atoms with van der Waals surface area (Å²) in [6.45, 7) is 0. The number of hydrogen-bond donors (Lipinski definition) is 4. The molecule has 0 atom stereocenters. The van der Waals surface area contributed by atoms with Crippen LogP contribution >= 0.6 is 0 Å². The molecule has 0 unspecified atom stereocenters. The van der Waals surface area contributed by atoms with Crippen molar-refractivity contribution in [3.8, 4) is 23.0 Å². The summed E-state index contributed by atoms with van der Waals surface area (Å²) in [6.07, 6.45) is 3.29. The van der Waals surface area contributed by atoms with Gasteiger partial charge in [0.1, 0.15) is 11.4 Å². The molecular formula is C16H16CoN14O6. The third-order valence-corrected chi connectivity index (χ3v) is 3.13. The fourth-order valence-electron chi connectivity index (χ4n) is 2.04. The maximum Gasteiger partial charge on any atom is 2.00 e. The van der Waals surface area contributed by atoms with Gasteiger partial charge in [-0.3, -0.25) is 9.97 Å².